The SMILES string of the molecule is CC(C)N(CCNC(=O)c1ccc(N)cc1)C(C)C.Cl. The molecule has 1 rings (SSSR count). The predicted molar refractivity (Wildman–Crippen MR) is 87.4 cm³/mol. The zero-order chi connectivity index (χ0) is 14.4. The lowest BCUT2D eigenvalue weighted by molar-refractivity contribution is 0.0939. The predicted octanol–water partition coefficient (Wildman–Crippen LogP) is 2.54. The average Bonchev–Trinajstić information content (AvgIpc) is 2.34. The number of nitrogens with zero attached hydrogens (tertiary/aromatic N) is 1. The van der Waals surface area contributed by atoms with Gasteiger partial charge in [-0.15, -0.1) is 12.4 Å². The van der Waals surface area contributed by atoms with E-state index in [0.717, 1.165) is 6.54 Å². The first-order chi connectivity index (χ1) is 8.91. The third kappa shape index (κ3) is 5.80. The molecule has 0 saturated heterocycles. The van der Waals surface area contributed by atoms with Gasteiger partial charge >= 0.3 is 0 Å². The number of amides is 1. The summed E-state index contributed by atoms with van der Waals surface area (Å²) in [6, 6.07) is 7.93. The van der Waals surface area contributed by atoms with E-state index < -0.39 is 0 Å². The van der Waals surface area contributed by atoms with Crippen LogP contribution in [0.4, 0.5) is 5.69 Å². The van der Waals surface area contributed by atoms with Gasteiger partial charge in [-0.3, -0.25) is 9.69 Å². The number of carbonyl (C=O) groups is 1. The average molecular weight is 300 g/mol. The maximum Gasteiger partial charge on any atom is 0.251 e. The van der Waals surface area contributed by atoms with Crippen LogP contribution in [0.2, 0.25) is 0 Å². The minimum atomic E-state index is -0.0486. The van der Waals surface area contributed by atoms with Gasteiger partial charge in [0.15, 0.2) is 0 Å². The van der Waals surface area contributed by atoms with Gasteiger partial charge in [0.05, 0.1) is 0 Å². The van der Waals surface area contributed by atoms with Gasteiger partial charge < -0.3 is 11.1 Å². The van der Waals surface area contributed by atoms with E-state index in [0.29, 0.717) is 29.9 Å². The highest BCUT2D eigenvalue weighted by Crippen LogP contribution is 2.06. The number of carbonyl (C=O) groups excluding carboxylic acids is 1. The molecule has 0 aliphatic carbocycles. The summed E-state index contributed by atoms with van der Waals surface area (Å²) in [5.41, 5.74) is 6.91. The quantitative estimate of drug-likeness (QED) is 0.794. The summed E-state index contributed by atoms with van der Waals surface area (Å²) in [6.07, 6.45) is 0. The van der Waals surface area contributed by atoms with Gasteiger partial charge in [-0.1, -0.05) is 0 Å². The molecule has 0 radical (unpaired) electrons. The molecule has 0 aromatic heterocycles. The molecule has 0 fully saturated rings. The number of nitrogens with two attached hydrogens (primary N) is 1. The van der Waals surface area contributed by atoms with E-state index in [1.165, 1.54) is 0 Å². The Labute approximate surface area is 128 Å². The first kappa shape index (κ1) is 18.7. The number of nitrogen functional groups attached to an aromatic ring is 1. The number of hydrogen-bond donors (Lipinski definition) is 2. The summed E-state index contributed by atoms with van der Waals surface area (Å²) in [5, 5.41) is 2.94. The van der Waals surface area contributed by atoms with E-state index in [1.807, 2.05) is 0 Å². The van der Waals surface area contributed by atoms with Crippen LogP contribution in [0, 0.1) is 0 Å². The summed E-state index contributed by atoms with van der Waals surface area (Å²) >= 11 is 0. The fraction of sp³-hybridized carbons (Fsp3) is 0.533. The minimum absolute atomic E-state index is 0. The topological polar surface area (TPSA) is 58.4 Å². The highest BCUT2D eigenvalue weighted by atomic mass is 35.5. The fourth-order valence-corrected chi connectivity index (χ4v) is 2.15. The first-order valence-corrected chi connectivity index (χ1v) is 6.81. The highest BCUT2D eigenvalue weighted by Gasteiger charge is 2.13. The molecule has 5 heteroatoms. The van der Waals surface area contributed by atoms with Crippen LogP contribution in [0.15, 0.2) is 24.3 Å². The second kappa shape index (κ2) is 8.82. The van der Waals surface area contributed by atoms with Crippen LogP contribution < -0.4 is 11.1 Å². The second-order valence-electron chi connectivity index (χ2n) is 5.30. The van der Waals surface area contributed by atoms with Crippen LogP contribution in [-0.2, 0) is 0 Å². The molecular weight excluding hydrogens is 274 g/mol. The molecule has 4 nitrogen and oxygen atoms in total. The molecule has 0 atom stereocenters. The molecule has 0 saturated carbocycles. The summed E-state index contributed by atoms with van der Waals surface area (Å²) in [7, 11) is 0. The molecule has 0 spiro atoms. The third-order valence-corrected chi connectivity index (χ3v) is 3.16. The zero-order valence-electron chi connectivity index (χ0n) is 12.7. The van der Waals surface area contributed by atoms with Gasteiger partial charge in [-0.05, 0) is 52.0 Å². The van der Waals surface area contributed by atoms with Crippen LogP contribution in [0.1, 0.15) is 38.1 Å². The lowest BCUT2D eigenvalue weighted by atomic mass is 10.2. The van der Waals surface area contributed by atoms with E-state index in [2.05, 4.69) is 37.9 Å². The molecule has 1 aromatic carbocycles. The lowest BCUT2D eigenvalue weighted by Crippen LogP contribution is -2.42. The standard InChI is InChI=1S/C15H25N3O.ClH/c1-11(2)18(12(3)4)10-9-17-15(19)13-5-7-14(16)8-6-13;/h5-8,11-12H,9-10,16H2,1-4H3,(H,17,19);1H. The van der Waals surface area contributed by atoms with Crippen molar-refractivity contribution in [2.45, 2.75) is 39.8 Å². The molecule has 114 valence electrons. The van der Waals surface area contributed by atoms with Crippen LogP contribution in [0.3, 0.4) is 0 Å². The van der Waals surface area contributed by atoms with Crippen molar-refractivity contribution in [3.05, 3.63) is 29.8 Å². The first-order valence-electron chi connectivity index (χ1n) is 6.81. The van der Waals surface area contributed by atoms with Crippen LogP contribution >= 0.6 is 12.4 Å². The smallest absolute Gasteiger partial charge is 0.251 e. The van der Waals surface area contributed by atoms with E-state index in [4.69, 9.17) is 5.73 Å². The van der Waals surface area contributed by atoms with Crippen LogP contribution in [0.25, 0.3) is 0 Å². The Kier molecular flexibility index (Phi) is 8.26. The number of benzene rings is 1. The van der Waals surface area contributed by atoms with E-state index in [9.17, 15) is 4.79 Å². The van der Waals surface area contributed by atoms with Gasteiger partial charge in [-0.2, -0.15) is 0 Å². The summed E-state index contributed by atoms with van der Waals surface area (Å²) in [6.45, 7) is 10.2. The normalized spacial score (nSPS) is 10.8. The Bertz CT molecular complexity index is 396. The molecule has 3 N–H and O–H groups in total. The van der Waals surface area contributed by atoms with Gasteiger partial charge in [0.1, 0.15) is 0 Å². The maximum atomic E-state index is 11.9. The molecule has 0 bridgehead atoms. The molecule has 0 aliphatic heterocycles. The number of halogens is 1. The number of rotatable bonds is 6. The summed E-state index contributed by atoms with van der Waals surface area (Å²) in [5.74, 6) is -0.0486. The van der Waals surface area contributed by atoms with Gasteiger partial charge in [0.25, 0.3) is 5.91 Å². The number of nitrogens with one attached hydrogen (secondary N) is 1. The number of hydrogen-bond acceptors (Lipinski definition) is 3. The molecule has 20 heavy (non-hydrogen) atoms. The van der Waals surface area contributed by atoms with Crippen molar-refractivity contribution in [3.63, 3.8) is 0 Å². The van der Waals surface area contributed by atoms with Crippen molar-refractivity contribution in [3.8, 4) is 0 Å². The van der Waals surface area contributed by atoms with E-state index >= 15 is 0 Å². The monoisotopic (exact) mass is 299 g/mol. The molecule has 0 heterocycles. The largest absolute Gasteiger partial charge is 0.399 e. The molecular formula is C15H26ClN3O. The van der Waals surface area contributed by atoms with E-state index in [-0.39, 0.29) is 18.3 Å². The zero-order valence-corrected chi connectivity index (χ0v) is 13.5. The van der Waals surface area contributed by atoms with Crippen molar-refractivity contribution in [1.29, 1.82) is 0 Å². The Morgan fingerprint density at radius 2 is 1.65 bits per heavy atom. The molecule has 0 unspecified atom stereocenters. The summed E-state index contributed by atoms with van der Waals surface area (Å²) < 4.78 is 0. The van der Waals surface area contributed by atoms with Gasteiger partial charge in [0.2, 0.25) is 0 Å². The van der Waals surface area contributed by atoms with Crippen molar-refractivity contribution in [2.24, 2.45) is 0 Å². The van der Waals surface area contributed by atoms with Gasteiger partial charge in [-0.25, -0.2) is 0 Å². The molecule has 0 aliphatic rings. The molecule has 1 amide bonds. The van der Waals surface area contributed by atoms with Crippen molar-refractivity contribution < 1.29 is 4.79 Å². The Balaban J connectivity index is 0.00000361. The van der Waals surface area contributed by atoms with Crippen molar-refractivity contribution in [1.82, 2.24) is 10.2 Å². The highest BCUT2D eigenvalue weighted by molar-refractivity contribution is 5.94. The second-order valence-corrected chi connectivity index (χ2v) is 5.30. The van der Waals surface area contributed by atoms with Crippen LogP contribution in [-0.4, -0.2) is 36.0 Å². The van der Waals surface area contributed by atoms with Crippen molar-refractivity contribution >= 4 is 24.0 Å². The van der Waals surface area contributed by atoms with Gasteiger partial charge in [0, 0.05) is 36.4 Å². The van der Waals surface area contributed by atoms with E-state index in [1.54, 1.807) is 24.3 Å². The number of anilines is 1. The fourth-order valence-electron chi connectivity index (χ4n) is 2.15. The van der Waals surface area contributed by atoms with Crippen LogP contribution in [0.5, 0.6) is 0 Å². The lowest BCUT2D eigenvalue weighted by Gasteiger charge is -2.30. The van der Waals surface area contributed by atoms with Crippen molar-refractivity contribution in [2.75, 3.05) is 18.8 Å². The minimum Gasteiger partial charge on any atom is -0.399 e. The Morgan fingerprint density at radius 3 is 2.10 bits per heavy atom. The molecule has 1 aromatic rings. The summed E-state index contributed by atoms with van der Waals surface area (Å²) in [4.78, 5) is 14.3. The Morgan fingerprint density at radius 1 is 1.15 bits per heavy atom. The Hall–Kier alpha value is -1.26. The maximum absolute atomic E-state index is 11.9. The third-order valence-electron chi connectivity index (χ3n) is 3.16.